The van der Waals surface area contributed by atoms with Gasteiger partial charge in [-0.2, -0.15) is 0 Å². The molecule has 0 unspecified atom stereocenters. The smallest absolute Gasteiger partial charge is 0.0930 e. The summed E-state index contributed by atoms with van der Waals surface area (Å²) in [6.07, 6.45) is 1.67. The summed E-state index contributed by atoms with van der Waals surface area (Å²) in [5, 5.41) is 6.22. The number of hydrogen-bond acceptors (Lipinski definition) is 2. The predicted octanol–water partition coefficient (Wildman–Crippen LogP) is 4.23. The Balaban J connectivity index is 2.59. The van der Waals surface area contributed by atoms with Crippen molar-refractivity contribution in [2.24, 2.45) is 4.99 Å². The van der Waals surface area contributed by atoms with Gasteiger partial charge in [0, 0.05) is 16.5 Å². The highest BCUT2D eigenvalue weighted by atomic mass is 35.5. The third kappa shape index (κ3) is 1.22. The standard InChI is InChI=1S/C11H6Cl2N2/c12-6-1-3-8-11-9(15-5-14-8)4-2-7(13)10(6)11/h1-5H,(H,14,15). The average Bonchev–Trinajstić information content (AvgIpc) is 2.25. The van der Waals surface area contributed by atoms with E-state index < -0.39 is 0 Å². The first-order valence-corrected chi connectivity index (χ1v) is 5.23. The zero-order valence-electron chi connectivity index (χ0n) is 7.59. The minimum absolute atomic E-state index is 0.652. The van der Waals surface area contributed by atoms with Crippen molar-refractivity contribution in [2.45, 2.75) is 0 Å². The molecule has 0 atom stereocenters. The van der Waals surface area contributed by atoms with Crippen LogP contribution in [0.3, 0.4) is 0 Å². The topological polar surface area (TPSA) is 24.4 Å². The summed E-state index contributed by atoms with van der Waals surface area (Å²) in [6, 6.07) is 7.47. The van der Waals surface area contributed by atoms with Gasteiger partial charge < -0.3 is 5.32 Å². The van der Waals surface area contributed by atoms with Crippen LogP contribution < -0.4 is 5.32 Å². The van der Waals surface area contributed by atoms with Crippen molar-refractivity contribution in [1.29, 1.82) is 0 Å². The van der Waals surface area contributed by atoms with E-state index in [2.05, 4.69) is 10.3 Å². The van der Waals surface area contributed by atoms with Crippen molar-refractivity contribution in [1.82, 2.24) is 0 Å². The van der Waals surface area contributed by atoms with Crippen molar-refractivity contribution in [3.05, 3.63) is 34.3 Å². The highest BCUT2D eigenvalue weighted by molar-refractivity contribution is 6.43. The number of nitrogens with zero attached hydrogens (tertiary/aromatic N) is 1. The molecule has 0 radical (unpaired) electrons. The highest BCUT2D eigenvalue weighted by Crippen LogP contribution is 2.41. The maximum absolute atomic E-state index is 6.12. The average molecular weight is 237 g/mol. The maximum atomic E-state index is 6.12. The Morgan fingerprint density at radius 1 is 0.933 bits per heavy atom. The summed E-state index contributed by atoms with van der Waals surface area (Å²) < 4.78 is 0. The molecule has 0 bridgehead atoms. The first kappa shape index (κ1) is 9.01. The first-order valence-electron chi connectivity index (χ1n) is 4.47. The lowest BCUT2D eigenvalue weighted by Gasteiger charge is -2.14. The van der Waals surface area contributed by atoms with Crippen LogP contribution in [0.1, 0.15) is 0 Å². The molecule has 1 aliphatic heterocycles. The van der Waals surface area contributed by atoms with Gasteiger partial charge in [-0.3, -0.25) is 0 Å². The van der Waals surface area contributed by atoms with Crippen LogP contribution in [0.2, 0.25) is 10.0 Å². The van der Waals surface area contributed by atoms with Gasteiger partial charge in [-0.15, -0.1) is 0 Å². The Hall–Kier alpha value is -1.25. The second kappa shape index (κ2) is 3.12. The van der Waals surface area contributed by atoms with Crippen LogP contribution >= 0.6 is 23.2 Å². The van der Waals surface area contributed by atoms with Crippen LogP contribution in [0.25, 0.3) is 10.8 Å². The van der Waals surface area contributed by atoms with Crippen molar-refractivity contribution >= 4 is 51.7 Å². The lowest BCUT2D eigenvalue weighted by Crippen LogP contribution is -1.99. The summed E-state index contributed by atoms with van der Waals surface area (Å²) >= 11 is 12.2. The fourth-order valence-electron chi connectivity index (χ4n) is 1.79. The van der Waals surface area contributed by atoms with Gasteiger partial charge in [-0.25, -0.2) is 4.99 Å². The number of halogens is 2. The molecule has 2 aromatic rings. The first-order chi connectivity index (χ1) is 7.27. The maximum Gasteiger partial charge on any atom is 0.0930 e. The van der Waals surface area contributed by atoms with Crippen LogP contribution in [-0.4, -0.2) is 6.34 Å². The van der Waals surface area contributed by atoms with Gasteiger partial charge in [0.2, 0.25) is 0 Å². The Morgan fingerprint density at radius 2 is 1.67 bits per heavy atom. The van der Waals surface area contributed by atoms with E-state index in [1.165, 1.54) is 0 Å². The van der Waals surface area contributed by atoms with Gasteiger partial charge in [-0.1, -0.05) is 23.2 Å². The van der Waals surface area contributed by atoms with E-state index in [1.807, 2.05) is 24.3 Å². The van der Waals surface area contributed by atoms with Gasteiger partial charge in [0.1, 0.15) is 0 Å². The van der Waals surface area contributed by atoms with Crippen LogP contribution in [0, 0.1) is 0 Å². The molecule has 0 aromatic heterocycles. The van der Waals surface area contributed by atoms with E-state index in [0.29, 0.717) is 10.0 Å². The number of rotatable bonds is 0. The molecule has 2 aromatic carbocycles. The second-order valence-electron chi connectivity index (χ2n) is 3.31. The van der Waals surface area contributed by atoms with Gasteiger partial charge in [0.25, 0.3) is 0 Å². The second-order valence-corrected chi connectivity index (χ2v) is 4.13. The molecule has 2 nitrogen and oxygen atoms in total. The van der Waals surface area contributed by atoms with Crippen LogP contribution in [-0.2, 0) is 0 Å². The lowest BCUT2D eigenvalue weighted by atomic mass is 10.1. The molecular weight excluding hydrogens is 231 g/mol. The zero-order valence-corrected chi connectivity index (χ0v) is 9.10. The molecule has 0 saturated carbocycles. The Kier molecular flexibility index (Phi) is 1.87. The number of nitrogens with one attached hydrogen (secondary N) is 1. The molecule has 0 aliphatic carbocycles. The molecule has 1 N–H and O–H groups in total. The summed E-state index contributed by atoms with van der Waals surface area (Å²) in [4.78, 5) is 4.24. The zero-order chi connectivity index (χ0) is 10.4. The van der Waals surface area contributed by atoms with Crippen LogP contribution in [0.4, 0.5) is 11.4 Å². The van der Waals surface area contributed by atoms with E-state index in [1.54, 1.807) is 6.34 Å². The Labute approximate surface area is 96.5 Å². The molecule has 3 rings (SSSR count). The molecule has 74 valence electrons. The van der Waals surface area contributed by atoms with Gasteiger partial charge in [-0.05, 0) is 24.3 Å². The number of anilines is 1. The fraction of sp³-hybridized carbons (Fsp3) is 0. The van der Waals surface area contributed by atoms with Crippen LogP contribution in [0.5, 0.6) is 0 Å². The highest BCUT2D eigenvalue weighted by Gasteiger charge is 2.13. The minimum Gasteiger partial charge on any atom is -0.346 e. The molecule has 0 fully saturated rings. The van der Waals surface area contributed by atoms with Crippen molar-refractivity contribution in [3.63, 3.8) is 0 Å². The third-order valence-corrected chi connectivity index (χ3v) is 3.09. The molecule has 4 heteroatoms. The SMILES string of the molecule is Clc1ccc2c3c(ccc(Cl)c13)NC=N2. The summed E-state index contributed by atoms with van der Waals surface area (Å²) in [5.74, 6) is 0. The van der Waals surface area contributed by atoms with Gasteiger partial charge in [0.15, 0.2) is 0 Å². The molecule has 0 spiro atoms. The summed E-state index contributed by atoms with van der Waals surface area (Å²) in [7, 11) is 0. The predicted molar refractivity (Wildman–Crippen MR) is 65.7 cm³/mol. The number of benzene rings is 2. The summed E-state index contributed by atoms with van der Waals surface area (Å²) in [6.45, 7) is 0. The summed E-state index contributed by atoms with van der Waals surface area (Å²) in [5.41, 5.74) is 1.88. The Morgan fingerprint density at radius 3 is 2.47 bits per heavy atom. The third-order valence-electron chi connectivity index (χ3n) is 2.46. The van der Waals surface area contributed by atoms with E-state index in [4.69, 9.17) is 23.2 Å². The van der Waals surface area contributed by atoms with Crippen molar-refractivity contribution in [3.8, 4) is 0 Å². The van der Waals surface area contributed by atoms with Crippen molar-refractivity contribution in [2.75, 3.05) is 5.32 Å². The van der Waals surface area contributed by atoms with Crippen LogP contribution in [0.15, 0.2) is 29.3 Å². The Bertz CT molecular complexity index is 582. The molecule has 1 heterocycles. The van der Waals surface area contributed by atoms with E-state index >= 15 is 0 Å². The minimum atomic E-state index is 0.652. The molecule has 0 saturated heterocycles. The van der Waals surface area contributed by atoms with Crippen molar-refractivity contribution < 1.29 is 0 Å². The van der Waals surface area contributed by atoms with E-state index in [0.717, 1.165) is 22.1 Å². The van der Waals surface area contributed by atoms with E-state index in [9.17, 15) is 0 Å². The monoisotopic (exact) mass is 236 g/mol. The molecule has 0 amide bonds. The van der Waals surface area contributed by atoms with Gasteiger partial charge >= 0.3 is 0 Å². The molecular formula is C11H6Cl2N2. The largest absolute Gasteiger partial charge is 0.346 e. The number of hydrogen-bond donors (Lipinski definition) is 1. The molecule has 15 heavy (non-hydrogen) atoms. The lowest BCUT2D eigenvalue weighted by molar-refractivity contribution is 1.53. The quantitative estimate of drug-likeness (QED) is 0.728. The fourth-order valence-corrected chi connectivity index (χ4v) is 2.36. The van der Waals surface area contributed by atoms with Gasteiger partial charge in [0.05, 0.1) is 22.1 Å². The van der Waals surface area contributed by atoms with E-state index in [-0.39, 0.29) is 0 Å². The number of aliphatic imine (C=N–C) groups is 1. The normalized spacial score (nSPS) is 12.9. The molecule has 1 aliphatic rings.